The molecule has 4 heteroatoms. The molecule has 0 unspecified atom stereocenters. The maximum atomic E-state index is 5.71. The Balaban J connectivity index is 0.00000121. The molecule has 0 amide bonds. The minimum absolute atomic E-state index is 0. The second-order valence-electron chi connectivity index (χ2n) is 2.14. The van der Waals surface area contributed by atoms with Gasteiger partial charge in [0.2, 0.25) is 0 Å². The number of nitrogens with two attached hydrogens (primary N) is 1. The molecule has 0 saturated carbocycles. The Morgan fingerprint density at radius 3 is 2.83 bits per heavy atom. The fourth-order valence-electron chi connectivity index (χ4n) is 0.774. The average molecular weight is 250 g/mol. The lowest BCUT2D eigenvalue weighted by atomic mass is 10.1. The van der Waals surface area contributed by atoms with Gasteiger partial charge in [-0.3, -0.25) is 0 Å². The number of hydrogen-bond acceptors (Lipinski definition) is 2. The lowest BCUT2D eigenvalue weighted by molar-refractivity contribution is 0.893. The minimum atomic E-state index is -0.141. The highest BCUT2D eigenvalue weighted by Gasteiger charge is 2.04. The predicted octanol–water partition coefficient (Wildman–Crippen LogP) is 2.45. The molecule has 12 heavy (non-hydrogen) atoms. The van der Waals surface area contributed by atoms with Crippen molar-refractivity contribution in [3.05, 3.63) is 41.2 Å². The normalized spacial score (nSPS) is 11.5. The Hall–Kier alpha value is -0.380. The Kier molecular flexibility index (Phi) is 5.13. The van der Waals surface area contributed by atoms with Gasteiger partial charge in [0.15, 0.2) is 0 Å². The van der Waals surface area contributed by atoms with Crippen molar-refractivity contribution in [2.24, 2.45) is 5.73 Å². The summed E-state index contributed by atoms with van der Waals surface area (Å²) in [6, 6.07) is 3.63. The summed E-state index contributed by atoms with van der Waals surface area (Å²) in [7, 11) is 0. The standard InChI is InChI=1S/C8H9BrN2.ClH/c1-2-7(10)6-4-3-5-11-8(6)9;/h2-5,7H,1,10H2;1H/t7-;/m0./s1. The van der Waals surface area contributed by atoms with Crippen LogP contribution in [0.3, 0.4) is 0 Å². The highest BCUT2D eigenvalue weighted by Crippen LogP contribution is 2.19. The first kappa shape index (κ1) is 11.6. The van der Waals surface area contributed by atoms with E-state index in [-0.39, 0.29) is 18.4 Å². The molecule has 0 aromatic carbocycles. The summed E-state index contributed by atoms with van der Waals surface area (Å²) in [5.74, 6) is 0. The Bertz CT molecular complexity index is 265. The van der Waals surface area contributed by atoms with Crippen LogP contribution in [0.1, 0.15) is 11.6 Å². The topological polar surface area (TPSA) is 38.9 Å². The van der Waals surface area contributed by atoms with E-state index in [1.807, 2.05) is 12.1 Å². The number of hydrogen-bond donors (Lipinski definition) is 1. The largest absolute Gasteiger partial charge is 0.321 e. The lowest BCUT2D eigenvalue weighted by Gasteiger charge is -2.06. The van der Waals surface area contributed by atoms with Crippen LogP contribution >= 0.6 is 28.3 Å². The minimum Gasteiger partial charge on any atom is -0.321 e. The van der Waals surface area contributed by atoms with Crippen molar-refractivity contribution in [1.29, 1.82) is 0 Å². The van der Waals surface area contributed by atoms with Crippen molar-refractivity contribution < 1.29 is 0 Å². The smallest absolute Gasteiger partial charge is 0.111 e. The van der Waals surface area contributed by atoms with Gasteiger partial charge < -0.3 is 5.73 Å². The van der Waals surface area contributed by atoms with E-state index < -0.39 is 0 Å². The molecule has 0 bridgehead atoms. The molecule has 0 aliphatic rings. The Morgan fingerprint density at radius 2 is 2.33 bits per heavy atom. The molecule has 1 aromatic heterocycles. The van der Waals surface area contributed by atoms with Gasteiger partial charge in [-0.05, 0) is 22.0 Å². The summed E-state index contributed by atoms with van der Waals surface area (Å²) in [6.07, 6.45) is 3.39. The van der Waals surface area contributed by atoms with Gasteiger partial charge in [-0.15, -0.1) is 19.0 Å². The molecule has 0 saturated heterocycles. The summed E-state index contributed by atoms with van der Waals surface area (Å²) >= 11 is 3.30. The SMILES string of the molecule is C=C[C@H](N)c1cccnc1Br.Cl. The van der Waals surface area contributed by atoms with Gasteiger partial charge in [0.1, 0.15) is 4.60 Å². The zero-order valence-electron chi connectivity index (χ0n) is 6.40. The molecule has 2 N–H and O–H groups in total. The fourth-order valence-corrected chi connectivity index (χ4v) is 1.29. The maximum absolute atomic E-state index is 5.71. The highest BCUT2D eigenvalue weighted by molar-refractivity contribution is 9.10. The van der Waals surface area contributed by atoms with Gasteiger partial charge in [0, 0.05) is 11.8 Å². The van der Waals surface area contributed by atoms with Crippen molar-refractivity contribution in [2.45, 2.75) is 6.04 Å². The fraction of sp³-hybridized carbons (Fsp3) is 0.125. The van der Waals surface area contributed by atoms with Crippen LogP contribution in [0.2, 0.25) is 0 Å². The summed E-state index contributed by atoms with van der Waals surface area (Å²) in [4.78, 5) is 4.04. The van der Waals surface area contributed by atoms with Crippen LogP contribution < -0.4 is 5.73 Å². The van der Waals surface area contributed by atoms with Crippen molar-refractivity contribution >= 4 is 28.3 Å². The number of halogens is 2. The summed E-state index contributed by atoms with van der Waals surface area (Å²) < 4.78 is 0.785. The summed E-state index contributed by atoms with van der Waals surface area (Å²) in [6.45, 7) is 3.60. The van der Waals surface area contributed by atoms with E-state index >= 15 is 0 Å². The van der Waals surface area contributed by atoms with Crippen LogP contribution in [0, 0.1) is 0 Å². The third-order valence-electron chi connectivity index (χ3n) is 1.40. The average Bonchev–Trinajstić information content (AvgIpc) is 2.04. The van der Waals surface area contributed by atoms with E-state index in [1.54, 1.807) is 12.3 Å². The Morgan fingerprint density at radius 1 is 1.67 bits per heavy atom. The van der Waals surface area contributed by atoms with Gasteiger partial charge in [0.05, 0.1) is 6.04 Å². The molecule has 1 rings (SSSR count). The molecule has 0 aliphatic heterocycles. The predicted molar refractivity (Wildman–Crippen MR) is 56.3 cm³/mol. The van der Waals surface area contributed by atoms with Crippen molar-refractivity contribution in [1.82, 2.24) is 4.98 Å². The van der Waals surface area contributed by atoms with Crippen molar-refractivity contribution in [3.63, 3.8) is 0 Å². The van der Waals surface area contributed by atoms with E-state index in [9.17, 15) is 0 Å². The second kappa shape index (κ2) is 5.30. The third-order valence-corrected chi connectivity index (χ3v) is 2.06. The monoisotopic (exact) mass is 248 g/mol. The van der Waals surface area contributed by atoms with Crippen LogP contribution in [0.4, 0.5) is 0 Å². The number of rotatable bonds is 2. The van der Waals surface area contributed by atoms with E-state index in [4.69, 9.17) is 5.73 Å². The first-order chi connectivity index (χ1) is 5.25. The second-order valence-corrected chi connectivity index (χ2v) is 2.90. The zero-order valence-corrected chi connectivity index (χ0v) is 8.81. The van der Waals surface area contributed by atoms with Crippen molar-refractivity contribution in [2.75, 3.05) is 0 Å². The van der Waals surface area contributed by atoms with E-state index in [0.29, 0.717) is 0 Å². The zero-order chi connectivity index (χ0) is 8.27. The summed E-state index contributed by atoms with van der Waals surface area (Å²) in [5.41, 5.74) is 6.67. The molecule has 1 aromatic rings. The molecule has 1 heterocycles. The highest BCUT2D eigenvalue weighted by atomic mass is 79.9. The van der Waals surface area contributed by atoms with Gasteiger partial charge in [-0.1, -0.05) is 12.1 Å². The van der Waals surface area contributed by atoms with Crippen LogP contribution in [0.25, 0.3) is 0 Å². The molecule has 0 aliphatic carbocycles. The first-order valence-electron chi connectivity index (χ1n) is 3.24. The Labute approximate surface area is 86.4 Å². The van der Waals surface area contributed by atoms with Crippen LogP contribution in [0.15, 0.2) is 35.6 Å². The molecular weight excluding hydrogens is 239 g/mol. The molecule has 0 spiro atoms. The van der Waals surface area contributed by atoms with E-state index in [0.717, 1.165) is 10.2 Å². The van der Waals surface area contributed by atoms with Crippen molar-refractivity contribution in [3.8, 4) is 0 Å². The summed E-state index contributed by atoms with van der Waals surface area (Å²) in [5, 5.41) is 0. The maximum Gasteiger partial charge on any atom is 0.111 e. The third kappa shape index (κ3) is 2.59. The quantitative estimate of drug-likeness (QED) is 0.646. The van der Waals surface area contributed by atoms with Crippen LogP contribution in [-0.2, 0) is 0 Å². The molecule has 1 atom stereocenters. The lowest BCUT2D eigenvalue weighted by Crippen LogP contribution is -2.07. The van der Waals surface area contributed by atoms with Gasteiger partial charge >= 0.3 is 0 Å². The molecular formula is C8H10BrClN2. The van der Waals surface area contributed by atoms with Gasteiger partial charge in [-0.2, -0.15) is 0 Å². The molecule has 0 radical (unpaired) electrons. The van der Waals surface area contributed by atoms with Gasteiger partial charge in [-0.25, -0.2) is 4.98 Å². The van der Waals surface area contributed by atoms with E-state index in [2.05, 4.69) is 27.5 Å². The van der Waals surface area contributed by atoms with Crippen LogP contribution in [0.5, 0.6) is 0 Å². The van der Waals surface area contributed by atoms with Crippen LogP contribution in [-0.4, -0.2) is 4.98 Å². The van der Waals surface area contributed by atoms with Gasteiger partial charge in [0.25, 0.3) is 0 Å². The first-order valence-corrected chi connectivity index (χ1v) is 4.03. The molecule has 66 valence electrons. The molecule has 0 fully saturated rings. The number of pyridine rings is 1. The number of aromatic nitrogens is 1. The number of nitrogens with zero attached hydrogens (tertiary/aromatic N) is 1. The molecule has 2 nitrogen and oxygen atoms in total. The van der Waals surface area contributed by atoms with E-state index in [1.165, 1.54) is 0 Å².